The summed E-state index contributed by atoms with van der Waals surface area (Å²) < 4.78 is 0. The number of hydrogen-bond donors (Lipinski definition) is 18. The number of carbonyl (C=O) groups is 13. The largest absolute Gasteiger partial charge is 0.481 e. The van der Waals surface area contributed by atoms with Crippen LogP contribution in [0.1, 0.15) is 65.2 Å². The molecule has 30 nitrogen and oxygen atoms in total. The van der Waals surface area contributed by atoms with E-state index in [1.807, 2.05) is 0 Å². The van der Waals surface area contributed by atoms with Gasteiger partial charge in [0, 0.05) is 24.5 Å². The molecule has 0 radical (unpaired) electrons. The Bertz CT molecular complexity index is 1920. The molecular weight excluding hydrogens is 963 g/mol. The van der Waals surface area contributed by atoms with Crippen molar-refractivity contribution in [3.05, 3.63) is 0 Å². The van der Waals surface area contributed by atoms with Gasteiger partial charge in [0.1, 0.15) is 42.3 Å². The number of nitrogens with two attached hydrogens (primary N) is 4. The Hall–Kier alpha value is -6.96. The van der Waals surface area contributed by atoms with Gasteiger partial charge in [-0.3, -0.25) is 62.5 Å². The van der Waals surface area contributed by atoms with Crippen LogP contribution in [0.4, 0.5) is 0 Å². The van der Waals surface area contributed by atoms with Crippen LogP contribution >= 0.6 is 25.3 Å². The van der Waals surface area contributed by atoms with Crippen LogP contribution in [0.15, 0.2) is 4.99 Å². The van der Waals surface area contributed by atoms with Gasteiger partial charge in [0.25, 0.3) is 0 Å². The predicted molar refractivity (Wildman–Crippen MR) is 244 cm³/mol. The van der Waals surface area contributed by atoms with Gasteiger partial charge >= 0.3 is 23.9 Å². The summed E-state index contributed by atoms with van der Waals surface area (Å²) in [5, 5.41) is 54.6. The standard InChI is InChI=1S/C37H61N13O17S2/c1-15(2)8-19(46-33(63)21(11-28(57)58)48-35(65)22(13-68)49-29(59)16(38)9-27(55)56)31(61)47-20(10-24(39)51)32(62)50-23(14-69)34(64)45-17(5-6-26(53)54)30(60)43-12-25(52)44-18(36(66)67)4-3-7-42-37(40)41/h15-23,68-69H,3-14,38H2,1-2H3,(H2,39,51)(H,43,60)(H,44,52)(H,45,64)(H,46,63)(H,47,61)(H,48,65)(H,49,59)(H,50,62)(H,53,54)(H,55,56)(H,57,58)(H,66,67)(H4,40,41,42)/t16-,17-,18-,19-,20-,21-,22-,23-/m0/s1. The maximum atomic E-state index is 13.7. The second kappa shape index (κ2) is 31.9. The van der Waals surface area contributed by atoms with Crippen LogP contribution < -0.4 is 65.5 Å². The van der Waals surface area contributed by atoms with Gasteiger partial charge in [-0.25, -0.2) is 4.79 Å². The van der Waals surface area contributed by atoms with Crippen molar-refractivity contribution in [2.24, 2.45) is 33.8 Å². The predicted octanol–water partition coefficient (Wildman–Crippen LogP) is -7.44. The number of carboxylic acids is 4. The van der Waals surface area contributed by atoms with Gasteiger partial charge in [0.15, 0.2) is 5.96 Å². The third-order valence-corrected chi connectivity index (χ3v) is 9.76. The molecule has 0 spiro atoms. The lowest BCUT2D eigenvalue weighted by Gasteiger charge is -2.27. The van der Waals surface area contributed by atoms with Crippen LogP contribution in [0, 0.1) is 5.92 Å². The molecule has 0 fully saturated rings. The van der Waals surface area contributed by atoms with Gasteiger partial charge in [0.05, 0.1) is 31.8 Å². The summed E-state index contributed by atoms with van der Waals surface area (Å²) in [4.78, 5) is 167. The lowest BCUT2D eigenvalue weighted by atomic mass is 10.0. The van der Waals surface area contributed by atoms with Crippen molar-refractivity contribution < 1.29 is 82.8 Å². The van der Waals surface area contributed by atoms with Crippen molar-refractivity contribution in [2.75, 3.05) is 24.6 Å². The van der Waals surface area contributed by atoms with Crippen LogP contribution in [0.5, 0.6) is 0 Å². The number of aliphatic imine (C=N–C) groups is 1. The van der Waals surface area contributed by atoms with E-state index >= 15 is 0 Å². The number of primary amides is 1. The monoisotopic (exact) mass is 1020 g/mol. The number of nitrogens with zero attached hydrogens (tertiary/aromatic N) is 1. The minimum atomic E-state index is -1.91. The van der Waals surface area contributed by atoms with E-state index in [9.17, 15) is 77.6 Å². The van der Waals surface area contributed by atoms with E-state index in [1.54, 1.807) is 13.8 Å². The Morgan fingerprint density at radius 1 is 0.522 bits per heavy atom. The number of nitrogens with one attached hydrogen (secondary N) is 8. The van der Waals surface area contributed by atoms with Gasteiger partial charge < -0.3 is 85.9 Å². The van der Waals surface area contributed by atoms with E-state index in [4.69, 9.17) is 28.0 Å². The van der Waals surface area contributed by atoms with Gasteiger partial charge in [-0.2, -0.15) is 25.3 Å². The summed E-state index contributed by atoms with van der Waals surface area (Å²) in [7, 11) is 0. The van der Waals surface area contributed by atoms with Crippen molar-refractivity contribution in [3.63, 3.8) is 0 Å². The van der Waals surface area contributed by atoms with Gasteiger partial charge in [-0.15, -0.1) is 0 Å². The summed E-state index contributed by atoms with van der Waals surface area (Å²) in [5.41, 5.74) is 21.3. The van der Waals surface area contributed by atoms with Crippen molar-refractivity contribution in [2.45, 2.75) is 114 Å². The zero-order valence-electron chi connectivity index (χ0n) is 37.4. The topological polar surface area (TPSA) is 516 Å². The van der Waals surface area contributed by atoms with E-state index < -0.39 is 181 Å². The number of thiol groups is 2. The Morgan fingerprint density at radius 3 is 1.42 bits per heavy atom. The molecular formula is C37H61N13O17S2. The van der Waals surface area contributed by atoms with Crippen molar-refractivity contribution in [3.8, 4) is 0 Å². The molecule has 0 aromatic heterocycles. The minimum Gasteiger partial charge on any atom is -0.481 e. The normalized spacial score (nSPS) is 14.2. The summed E-state index contributed by atoms with van der Waals surface area (Å²) >= 11 is 8.00. The van der Waals surface area contributed by atoms with Crippen LogP contribution in [0.2, 0.25) is 0 Å². The highest BCUT2D eigenvalue weighted by Gasteiger charge is 2.35. The lowest BCUT2D eigenvalue weighted by molar-refractivity contribution is -0.142. The number of hydrogen-bond acceptors (Lipinski definition) is 17. The summed E-state index contributed by atoms with van der Waals surface area (Å²) in [5.74, 6) is -17.7. The fourth-order valence-electron chi connectivity index (χ4n) is 5.64. The van der Waals surface area contributed by atoms with Gasteiger partial charge in [-0.05, 0) is 31.6 Å². The number of carbonyl (C=O) groups excluding carboxylic acids is 9. The maximum Gasteiger partial charge on any atom is 0.326 e. The number of carboxylic acid groups (broad SMARTS) is 4. The van der Waals surface area contributed by atoms with Crippen LogP contribution in [-0.4, -0.2) is 176 Å². The first-order chi connectivity index (χ1) is 32.1. The van der Waals surface area contributed by atoms with E-state index in [1.165, 1.54) is 0 Å². The average molecular weight is 1020 g/mol. The van der Waals surface area contributed by atoms with Crippen LogP contribution in [0.3, 0.4) is 0 Å². The maximum absolute atomic E-state index is 13.7. The van der Waals surface area contributed by atoms with Crippen molar-refractivity contribution >= 4 is 108 Å². The Kier molecular flexibility index (Phi) is 28.7. The molecule has 0 saturated carbocycles. The fourth-order valence-corrected chi connectivity index (χ4v) is 6.15. The van der Waals surface area contributed by atoms with E-state index in [2.05, 4.69) is 72.8 Å². The van der Waals surface area contributed by atoms with Gasteiger partial charge in [-0.1, -0.05) is 13.8 Å². The molecule has 9 amide bonds. The second-order valence-corrected chi connectivity index (χ2v) is 16.1. The van der Waals surface area contributed by atoms with E-state index in [-0.39, 0.29) is 31.8 Å². The first-order valence-electron chi connectivity index (χ1n) is 20.7. The molecule has 0 rings (SSSR count). The fraction of sp³-hybridized carbons (Fsp3) is 0.622. The SMILES string of the molecule is CC(C)C[C@H](NC(=O)[C@H](CC(=O)O)NC(=O)[C@H](CS)NC(=O)[C@@H](N)CC(=O)O)C(=O)N[C@@H](CC(N)=O)C(=O)N[C@@H](CS)C(=O)N[C@@H](CCC(=O)O)C(=O)NCC(=O)N[C@@H](CCCN=C(N)N)C(=O)O. The third kappa shape index (κ3) is 26.2. The molecule has 0 aliphatic rings. The molecule has 20 N–H and O–H groups in total. The summed E-state index contributed by atoms with van der Waals surface area (Å²) in [6.07, 6.45) is -4.17. The first kappa shape index (κ1) is 62.0. The van der Waals surface area contributed by atoms with Crippen LogP contribution in [-0.2, 0) is 62.3 Å². The molecule has 0 saturated heterocycles. The molecule has 8 atom stereocenters. The van der Waals surface area contributed by atoms with Crippen molar-refractivity contribution in [1.29, 1.82) is 0 Å². The molecule has 0 unspecified atom stereocenters. The molecule has 0 bridgehead atoms. The summed E-state index contributed by atoms with van der Waals surface area (Å²) in [6, 6.07) is -13.3. The Balaban J connectivity index is 6.19. The highest BCUT2D eigenvalue weighted by atomic mass is 32.1. The minimum absolute atomic E-state index is 0.0563. The van der Waals surface area contributed by atoms with Gasteiger partial charge in [0.2, 0.25) is 53.2 Å². The third-order valence-electron chi connectivity index (χ3n) is 9.03. The lowest BCUT2D eigenvalue weighted by Crippen LogP contribution is -2.61. The number of amides is 9. The number of aliphatic carboxylic acids is 4. The molecule has 0 aliphatic heterocycles. The highest BCUT2D eigenvalue weighted by Crippen LogP contribution is 2.09. The van der Waals surface area contributed by atoms with E-state index in [0.29, 0.717) is 0 Å². The smallest absolute Gasteiger partial charge is 0.326 e. The van der Waals surface area contributed by atoms with E-state index in [0.717, 1.165) is 0 Å². The Labute approximate surface area is 404 Å². The molecule has 0 aromatic rings. The number of guanidine groups is 1. The Morgan fingerprint density at radius 2 is 0.971 bits per heavy atom. The molecule has 0 aromatic carbocycles. The average Bonchev–Trinajstić information content (AvgIpc) is 3.23. The molecule has 69 heavy (non-hydrogen) atoms. The highest BCUT2D eigenvalue weighted by molar-refractivity contribution is 7.80. The summed E-state index contributed by atoms with van der Waals surface area (Å²) in [6.45, 7) is 2.44. The molecule has 32 heteroatoms. The molecule has 0 heterocycles. The molecule has 388 valence electrons. The number of rotatable bonds is 34. The van der Waals surface area contributed by atoms with Crippen LogP contribution in [0.25, 0.3) is 0 Å². The first-order valence-corrected chi connectivity index (χ1v) is 22.0. The molecule has 0 aliphatic carbocycles. The second-order valence-electron chi connectivity index (χ2n) is 15.4. The van der Waals surface area contributed by atoms with Crippen molar-refractivity contribution in [1.82, 2.24) is 42.5 Å². The zero-order valence-corrected chi connectivity index (χ0v) is 39.2. The zero-order chi connectivity index (χ0) is 53.1. The quantitative estimate of drug-likeness (QED) is 0.0123.